The van der Waals surface area contributed by atoms with Gasteiger partial charge in [0.25, 0.3) is 5.91 Å². The molecule has 1 saturated heterocycles. The normalized spacial score (nSPS) is 16.0. The third kappa shape index (κ3) is 4.10. The molecule has 2 heterocycles. The maximum Gasteiger partial charge on any atom is 0.266 e. The predicted octanol–water partition coefficient (Wildman–Crippen LogP) is 3.75. The Hall–Kier alpha value is -1.55. The van der Waals surface area contributed by atoms with Crippen molar-refractivity contribution in [3.05, 3.63) is 50.8 Å². The van der Waals surface area contributed by atoms with Gasteiger partial charge in [-0.15, -0.1) is 11.3 Å². The van der Waals surface area contributed by atoms with Gasteiger partial charge in [0.15, 0.2) is 5.13 Å². The van der Waals surface area contributed by atoms with E-state index >= 15 is 0 Å². The van der Waals surface area contributed by atoms with Crippen LogP contribution in [0.1, 0.15) is 5.56 Å². The first-order chi connectivity index (χ1) is 11.5. The summed E-state index contributed by atoms with van der Waals surface area (Å²) in [6.45, 7) is -0.125. The van der Waals surface area contributed by atoms with E-state index in [2.05, 4.69) is 26.2 Å². The topological polar surface area (TPSA) is 62.3 Å². The number of amides is 2. The summed E-state index contributed by atoms with van der Waals surface area (Å²) in [4.78, 5) is 30.3. The molecule has 0 spiro atoms. The van der Waals surface area contributed by atoms with Crippen LogP contribution in [0.2, 0.25) is 0 Å². The summed E-state index contributed by atoms with van der Waals surface area (Å²) in [7, 11) is 0. The molecule has 0 atom stereocenters. The zero-order valence-electron chi connectivity index (χ0n) is 12.1. The van der Waals surface area contributed by atoms with Gasteiger partial charge in [-0.3, -0.25) is 14.5 Å². The molecule has 0 saturated carbocycles. The Labute approximate surface area is 160 Å². The van der Waals surface area contributed by atoms with Gasteiger partial charge in [0.2, 0.25) is 5.91 Å². The number of thiazole rings is 1. The van der Waals surface area contributed by atoms with Crippen LogP contribution in [0.25, 0.3) is 6.08 Å². The Morgan fingerprint density at radius 2 is 2.29 bits per heavy atom. The molecular weight excluding hydrogens is 430 g/mol. The zero-order valence-corrected chi connectivity index (χ0v) is 16.1. The SMILES string of the molecule is O=C(CN1C(=O)C(=Cc2cccc(Br)c2)SC1=S)Nc1nccs1. The number of nitrogens with zero attached hydrogens (tertiary/aromatic N) is 2. The average Bonchev–Trinajstić information content (AvgIpc) is 3.12. The third-order valence-corrected chi connectivity index (χ3v) is 5.56. The Morgan fingerprint density at radius 1 is 1.46 bits per heavy atom. The Kier molecular flexibility index (Phi) is 5.44. The van der Waals surface area contributed by atoms with Gasteiger partial charge in [-0.1, -0.05) is 52.0 Å². The predicted molar refractivity (Wildman–Crippen MR) is 105 cm³/mol. The van der Waals surface area contributed by atoms with E-state index < -0.39 is 0 Å². The quantitative estimate of drug-likeness (QED) is 0.580. The molecule has 1 N–H and O–H groups in total. The molecule has 0 unspecified atom stereocenters. The highest BCUT2D eigenvalue weighted by Gasteiger charge is 2.33. The minimum atomic E-state index is -0.329. The first-order valence-electron chi connectivity index (χ1n) is 6.73. The van der Waals surface area contributed by atoms with Crippen molar-refractivity contribution in [3.8, 4) is 0 Å². The molecule has 2 aromatic rings. The Balaban J connectivity index is 1.71. The van der Waals surface area contributed by atoms with Crippen LogP contribution in [-0.4, -0.2) is 32.6 Å². The molecule has 1 aromatic heterocycles. The number of nitrogens with one attached hydrogen (secondary N) is 1. The van der Waals surface area contributed by atoms with E-state index in [9.17, 15) is 9.59 Å². The molecule has 2 amide bonds. The van der Waals surface area contributed by atoms with Crippen LogP contribution in [0.4, 0.5) is 5.13 Å². The molecule has 1 aliphatic rings. The molecule has 9 heteroatoms. The largest absolute Gasteiger partial charge is 0.300 e. The minimum absolute atomic E-state index is 0.125. The fourth-order valence-electron chi connectivity index (χ4n) is 1.97. The molecule has 0 bridgehead atoms. The number of hydrogen-bond donors (Lipinski definition) is 1. The molecule has 122 valence electrons. The fourth-order valence-corrected chi connectivity index (χ4v) is 4.19. The minimum Gasteiger partial charge on any atom is -0.300 e. The van der Waals surface area contributed by atoms with Gasteiger partial charge in [0, 0.05) is 16.0 Å². The zero-order chi connectivity index (χ0) is 17.1. The molecule has 1 aromatic carbocycles. The van der Waals surface area contributed by atoms with Crippen LogP contribution in [0.3, 0.4) is 0 Å². The summed E-state index contributed by atoms with van der Waals surface area (Å²) in [5.74, 6) is -0.593. The second-order valence-corrected chi connectivity index (χ2v) is 8.19. The smallest absolute Gasteiger partial charge is 0.266 e. The molecule has 0 aliphatic carbocycles. The van der Waals surface area contributed by atoms with Crippen LogP contribution in [0.5, 0.6) is 0 Å². The molecule has 5 nitrogen and oxygen atoms in total. The number of carbonyl (C=O) groups excluding carboxylic acids is 2. The number of carbonyl (C=O) groups is 2. The van der Waals surface area contributed by atoms with E-state index in [1.54, 1.807) is 17.7 Å². The van der Waals surface area contributed by atoms with Crippen molar-refractivity contribution in [3.63, 3.8) is 0 Å². The lowest BCUT2D eigenvalue weighted by Crippen LogP contribution is -2.36. The summed E-state index contributed by atoms with van der Waals surface area (Å²) < 4.78 is 1.30. The Morgan fingerprint density at radius 3 is 3.00 bits per heavy atom. The molecule has 24 heavy (non-hydrogen) atoms. The second kappa shape index (κ2) is 7.56. The molecule has 0 radical (unpaired) electrons. The van der Waals surface area contributed by atoms with Crippen LogP contribution in [-0.2, 0) is 9.59 Å². The summed E-state index contributed by atoms with van der Waals surface area (Å²) in [6, 6.07) is 7.60. The molecule has 3 rings (SSSR count). The van der Waals surface area contributed by atoms with Crippen LogP contribution in [0, 0.1) is 0 Å². The van der Waals surface area contributed by atoms with E-state index in [0.29, 0.717) is 14.4 Å². The van der Waals surface area contributed by atoms with Gasteiger partial charge in [0.05, 0.1) is 4.91 Å². The van der Waals surface area contributed by atoms with Crippen LogP contribution in [0.15, 0.2) is 45.2 Å². The highest BCUT2D eigenvalue weighted by Crippen LogP contribution is 2.32. The fraction of sp³-hybridized carbons (Fsp3) is 0.0667. The van der Waals surface area contributed by atoms with Crippen molar-refractivity contribution >= 4 is 78.6 Å². The number of rotatable bonds is 4. The van der Waals surface area contributed by atoms with Crippen molar-refractivity contribution in [2.75, 3.05) is 11.9 Å². The average molecular weight is 440 g/mol. The van der Waals surface area contributed by atoms with Crippen LogP contribution >= 0.6 is 51.2 Å². The van der Waals surface area contributed by atoms with Crippen molar-refractivity contribution in [2.24, 2.45) is 0 Å². The number of thioether (sulfide) groups is 1. The summed E-state index contributed by atoms with van der Waals surface area (Å²) in [5, 5.41) is 4.90. The summed E-state index contributed by atoms with van der Waals surface area (Å²) >= 11 is 11.1. The number of hydrogen-bond acceptors (Lipinski definition) is 6. The number of thiocarbonyl (C=S) groups is 1. The van der Waals surface area contributed by atoms with E-state index in [0.717, 1.165) is 10.0 Å². The van der Waals surface area contributed by atoms with E-state index in [1.165, 1.54) is 28.0 Å². The number of halogens is 1. The standard InChI is InChI=1S/C15H10BrN3O2S3/c16-10-3-1-2-9(6-10)7-11-13(21)19(15(22)24-11)8-12(20)18-14-17-4-5-23-14/h1-7H,8H2,(H,17,18,20). The van der Waals surface area contributed by atoms with E-state index in [1.807, 2.05) is 24.3 Å². The lowest BCUT2D eigenvalue weighted by Gasteiger charge is -2.13. The highest BCUT2D eigenvalue weighted by atomic mass is 79.9. The second-order valence-electron chi connectivity index (χ2n) is 4.71. The van der Waals surface area contributed by atoms with Crippen molar-refractivity contribution < 1.29 is 9.59 Å². The number of aromatic nitrogens is 1. The summed E-state index contributed by atoms with van der Waals surface area (Å²) in [5.41, 5.74) is 0.886. The van der Waals surface area contributed by atoms with Crippen molar-refractivity contribution in [1.82, 2.24) is 9.88 Å². The Bertz CT molecular complexity index is 836. The summed E-state index contributed by atoms with van der Waals surface area (Å²) in [6.07, 6.45) is 3.36. The number of benzene rings is 1. The lowest BCUT2D eigenvalue weighted by molar-refractivity contribution is -0.126. The van der Waals surface area contributed by atoms with Gasteiger partial charge >= 0.3 is 0 Å². The van der Waals surface area contributed by atoms with Crippen molar-refractivity contribution in [2.45, 2.75) is 0 Å². The lowest BCUT2D eigenvalue weighted by atomic mass is 10.2. The first-order valence-corrected chi connectivity index (χ1v) is 9.63. The van der Waals surface area contributed by atoms with Gasteiger partial charge in [-0.25, -0.2) is 4.98 Å². The van der Waals surface area contributed by atoms with Gasteiger partial charge in [-0.05, 0) is 23.8 Å². The number of anilines is 1. The van der Waals surface area contributed by atoms with E-state index in [4.69, 9.17) is 12.2 Å². The highest BCUT2D eigenvalue weighted by molar-refractivity contribution is 9.10. The van der Waals surface area contributed by atoms with Gasteiger partial charge in [-0.2, -0.15) is 0 Å². The monoisotopic (exact) mass is 439 g/mol. The van der Waals surface area contributed by atoms with Gasteiger partial charge < -0.3 is 5.32 Å². The molecular formula is C15H10BrN3O2S3. The third-order valence-electron chi connectivity index (χ3n) is 3.00. The maximum atomic E-state index is 12.5. The molecule has 1 fully saturated rings. The first kappa shape index (κ1) is 17.3. The van der Waals surface area contributed by atoms with E-state index in [-0.39, 0.29) is 18.4 Å². The van der Waals surface area contributed by atoms with Gasteiger partial charge in [0.1, 0.15) is 10.9 Å². The maximum absolute atomic E-state index is 12.5. The molecule has 1 aliphatic heterocycles. The van der Waals surface area contributed by atoms with Crippen molar-refractivity contribution in [1.29, 1.82) is 0 Å². The van der Waals surface area contributed by atoms with Crippen LogP contribution < -0.4 is 5.32 Å².